The maximum Gasteiger partial charge on any atom is 0.0364 e. The first-order valence-corrected chi connectivity index (χ1v) is 7.63. The number of hydrogen-bond donors (Lipinski definition) is 1. The Labute approximate surface area is 124 Å². The number of halogens is 1. The highest BCUT2D eigenvalue weighted by Gasteiger charge is 2.06. The quantitative estimate of drug-likeness (QED) is 0.828. The average Bonchev–Trinajstić information content (AvgIpc) is 2.84. The molecule has 19 heavy (non-hydrogen) atoms. The minimum atomic E-state index is 0.350. The third-order valence-electron chi connectivity index (χ3n) is 3.33. The lowest BCUT2D eigenvalue weighted by Gasteiger charge is -2.16. The van der Waals surface area contributed by atoms with Crippen LogP contribution in [0.4, 0.5) is 0 Å². The van der Waals surface area contributed by atoms with E-state index in [4.69, 9.17) is 0 Å². The lowest BCUT2D eigenvalue weighted by molar-refractivity contribution is 0.541. The zero-order chi connectivity index (χ0) is 13.7. The van der Waals surface area contributed by atoms with Gasteiger partial charge in [-0.1, -0.05) is 35.0 Å². The van der Waals surface area contributed by atoms with E-state index in [2.05, 4.69) is 82.3 Å². The Hall–Kier alpha value is -1.06. The summed E-state index contributed by atoms with van der Waals surface area (Å²) < 4.78 is 3.45. The molecule has 2 aromatic rings. The Morgan fingerprint density at radius 3 is 2.84 bits per heavy atom. The van der Waals surface area contributed by atoms with Gasteiger partial charge in [0, 0.05) is 35.5 Å². The van der Waals surface area contributed by atoms with Crippen molar-refractivity contribution in [3.05, 3.63) is 58.3 Å². The van der Waals surface area contributed by atoms with Crippen molar-refractivity contribution in [3.8, 4) is 0 Å². The molecule has 0 aliphatic rings. The molecule has 1 aromatic heterocycles. The molecule has 0 aliphatic carbocycles. The minimum Gasteiger partial charge on any atom is -0.350 e. The van der Waals surface area contributed by atoms with Crippen molar-refractivity contribution in [2.24, 2.45) is 0 Å². The van der Waals surface area contributed by atoms with Crippen molar-refractivity contribution >= 4 is 15.9 Å². The summed E-state index contributed by atoms with van der Waals surface area (Å²) in [5.74, 6) is 0. The Kier molecular flexibility index (Phi) is 5.23. The van der Waals surface area contributed by atoms with Crippen LogP contribution in [0.3, 0.4) is 0 Å². The Morgan fingerprint density at radius 1 is 1.26 bits per heavy atom. The van der Waals surface area contributed by atoms with Gasteiger partial charge in [0.15, 0.2) is 0 Å². The van der Waals surface area contributed by atoms with Gasteiger partial charge in [0.2, 0.25) is 0 Å². The zero-order valence-corrected chi connectivity index (χ0v) is 13.2. The summed E-state index contributed by atoms with van der Waals surface area (Å²) in [7, 11) is 0. The van der Waals surface area contributed by atoms with Crippen LogP contribution in [-0.2, 0) is 13.1 Å². The van der Waals surface area contributed by atoms with Gasteiger partial charge in [-0.05, 0) is 43.2 Å². The Bertz CT molecular complexity index is 519. The van der Waals surface area contributed by atoms with E-state index >= 15 is 0 Å². The van der Waals surface area contributed by atoms with E-state index in [1.54, 1.807) is 0 Å². The number of aromatic nitrogens is 1. The molecular formula is C16H21BrN2. The van der Waals surface area contributed by atoms with Crippen molar-refractivity contribution in [1.29, 1.82) is 0 Å². The average molecular weight is 321 g/mol. The fourth-order valence-electron chi connectivity index (χ4n) is 2.22. The minimum absolute atomic E-state index is 0.350. The zero-order valence-electron chi connectivity index (χ0n) is 11.6. The lowest BCUT2D eigenvalue weighted by atomic mass is 10.1. The van der Waals surface area contributed by atoms with Gasteiger partial charge < -0.3 is 9.88 Å². The highest BCUT2D eigenvalue weighted by atomic mass is 79.9. The number of benzene rings is 1. The van der Waals surface area contributed by atoms with Gasteiger partial charge in [-0.15, -0.1) is 0 Å². The molecule has 0 fully saturated rings. The summed E-state index contributed by atoms with van der Waals surface area (Å²) in [5, 5.41) is 3.59. The third kappa shape index (κ3) is 3.95. The molecule has 3 heteroatoms. The topological polar surface area (TPSA) is 17.0 Å². The molecule has 0 aliphatic heterocycles. The first kappa shape index (κ1) is 14.4. The van der Waals surface area contributed by atoms with E-state index in [1.807, 2.05) is 0 Å². The van der Waals surface area contributed by atoms with Gasteiger partial charge in [0.05, 0.1) is 0 Å². The summed E-state index contributed by atoms with van der Waals surface area (Å²) in [6.07, 6.45) is 3.33. The van der Waals surface area contributed by atoms with Crippen molar-refractivity contribution in [2.75, 3.05) is 0 Å². The van der Waals surface area contributed by atoms with Crippen LogP contribution in [0.1, 0.15) is 37.6 Å². The second kappa shape index (κ2) is 6.92. The van der Waals surface area contributed by atoms with Crippen LogP contribution in [0.5, 0.6) is 0 Å². The van der Waals surface area contributed by atoms with Crippen molar-refractivity contribution in [1.82, 2.24) is 9.88 Å². The molecule has 2 nitrogen and oxygen atoms in total. The molecule has 0 saturated carbocycles. The normalized spacial score (nSPS) is 12.6. The van der Waals surface area contributed by atoms with Gasteiger partial charge in [0.1, 0.15) is 0 Å². The SMILES string of the molecule is CCCn1cccc1CNC(C)c1cccc(Br)c1. The maximum absolute atomic E-state index is 3.59. The monoisotopic (exact) mass is 320 g/mol. The van der Waals surface area contributed by atoms with E-state index < -0.39 is 0 Å². The van der Waals surface area contributed by atoms with Gasteiger partial charge in [-0.25, -0.2) is 0 Å². The van der Waals surface area contributed by atoms with Crippen LogP contribution in [0, 0.1) is 0 Å². The maximum atomic E-state index is 3.59. The first-order chi connectivity index (χ1) is 9.20. The summed E-state index contributed by atoms with van der Waals surface area (Å²) in [6.45, 7) is 6.41. The van der Waals surface area contributed by atoms with Gasteiger partial charge in [-0.3, -0.25) is 0 Å². The van der Waals surface area contributed by atoms with Crippen LogP contribution >= 0.6 is 15.9 Å². The molecule has 1 atom stereocenters. The molecule has 1 N–H and O–H groups in total. The lowest BCUT2D eigenvalue weighted by Crippen LogP contribution is -2.20. The highest BCUT2D eigenvalue weighted by Crippen LogP contribution is 2.18. The predicted molar refractivity (Wildman–Crippen MR) is 84.1 cm³/mol. The second-order valence-electron chi connectivity index (χ2n) is 4.85. The van der Waals surface area contributed by atoms with E-state index in [-0.39, 0.29) is 0 Å². The molecule has 0 amide bonds. The molecule has 1 aromatic carbocycles. The largest absolute Gasteiger partial charge is 0.350 e. The summed E-state index contributed by atoms with van der Waals surface area (Å²) in [4.78, 5) is 0. The van der Waals surface area contributed by atoms with Crippen LogP contribution in [0.15, 0.2) is 47.1 Å². The van der Waals surface area contributed by atoms with Gasteiger partial charge in [0.25, 0.3) is 0 Å². The van der Waals surface area contributed by atoms with Gasteiger partial charge in [-0.2, -0.15) is 0 Å². The van der Waals surface area contributed by atoms with Crippen molar-refractivity contribution in [2.45, 2.75) is 39.4 Å². The van der Waals surface area contributed by atoms with Crippen LogP contribution < -0.4 is 5.32 Å². The predicted octanol–water partition coefficient (Wildman–Crippen LogP) is 4.51. The fraction of sp³-hybridized carbons (Fsp3) is 0.375. The first-order valence-electron chi connectivity index (χ1n) is 6.83. The Morgan fingerprint density at radius 2 is 2.11 bits per heavy atom. The summed E-state index contributed by atoms with van der Waals surface area (Å²) in [6, 6.07) is 13.1. The van der Waals surface area contributed by atoms with Gasteiger partial charge >= 0.3 is 0 Å². The second-order valence-corrected chi connectivity index (χ2v) is 5.77. The highest BCUT2D eigenvalue weighted by molar-refractivity contribution is 9.10. The molecule has 0 radical (unpaired) electrons. The molecule has 102 valence electrons. The molecule has 2 rings (SSSR count). The number of aryl methyl sites for hydroxylation is 1. The smallest absolute Gasteiger partial charge is 0.0364 e. The summed E-state index contributed by atoms with van der Waals surface area (Å²) in [5.41, 5.74) is 2.66. The molecule has 0 spiro atoms. The van der Waals surface area contributed by atoms with Crippen LogP contribution in [0.25, 0.3) is 0 Å². The van der Waals surface area contributed by atoms with E-state index in [1.165, 1.54) is 17.7 Å². The van der Waals surface area contributed by atoms with Crippen molar-refractivity contribution < 1.29 is 0 Å². The standard InChI is InChI=1S/C16H21BrN2/c1-3-9-19-10-5-8-16(19)12-18-13(2)14-6-4-7-15(17)11-14/h4-8,10-11,13,18H,3,9,12H2,1-2H3. The molecule has 1 unspecified atom stereocenters. The number of hydrogen-bond acceptors (Lipinski definition) is 1. The number of nitrogens with zero attached hydrogens (tertiary/aromatic N) is 1. The molecular weight excluding hydrogens is 300 g/mol. The Balaban J connectivity index is 1.96. The molecule has 1 heterocycles. The number of rotatable bonds is 6. The van der Waals surface area contributed by atoms with E-state index in [0.717, 1.165) is 17.6 Å². The third-order valence-corrected chi connectivity index (χ3v) is 3.82. The van der Waals surface area contributed by atoms with E-state index in [0.29, 0.717) is 6.04 Å². The van der Waals surface area contributed by atoms with Crippen LogP contribution in [0.2, 0.25) is 0 Å². The number of nitrogens with one attached hydrogen (secondary N) is 1. The van der Waals surface area contributed by atoms with Crippen LogP contribution in [-0.4, -0.2) is 4.57 Å². The molecule has 0 bridgehead atoms. The summed E-state index contributed by atoms with van der Waals surface area (Å²) >= 11 is 3.52. The fourth-order valence-corrected chi connectivity index (χ4v) is 2.64. The van der Waals surface area contributed by atoms with Crippen molar-refractivity contribution in [3.63, 3.8) is 0 Å². The van der Waals surface area contributed by atoms with E-state index in [9.17, 15) is 0 Å². The molecule has 0 saturated heterocycles.